The van der Waals surface area contributed by atoms with E-state index in [1.165, 1.54) is 6.08 Å². The zero-order valence-corrected chi connectivity index (χ0v) is 10.00. The fourth-order valence-electron chi connectivity index (χ4n) is 1.17. The molecule has 3 N–H and O–H groups in total. The van der Waals surface area contributed by atoms with Crippen molar-refractivity contribution in [2.75, 3.05) is 0 Å². The Hall–Kier alpha value is -1.17. The van der Waals surface area contributed by atoms with E-state index in [4.69, 9.17) is 5.73 Å². The van der Waals surface area contributed by atoms with Crippen LogP contribution in [0, 0.1) is 0 Å². The Labute approximate surface area is 96.2 Å². The summed E-state index contributed by atoms with van der Waals surface area (Å²) in [4.78, 5) is 0.235. The second-order valence-electron chi connectivity index (χ2n) is 3.49. The molecule has 0 radical (unpaired) electrons. The van der Waals surface area contributed by atoms with Gasteiger partial charge in [0, 0.05) is 12.6 Å². The molecular weight excluding hydrogens is 224 g/mol. The maximum Gasteiger partial charge on any atom is 0.241 e. The third kappa shape index (κ3) is 3.16. The lowest BCUT2D eigenvalue weighted by molar-refractivity contribution is 0.576. The van der Waals surface area contributed by atoms with Gasteiger partial charge in [-0.1, -0.05) is 18.2 Å². The van der Waals surface area contributed by atoms with Gasteiger partial charge in [-0.25, -0.2) is 13.1 Å². The third-order valence-corrected chi connectivity index (χ3v) is 3.74. The van der Waals surface area contributed by atoms with Gasteiger partial charge in [-0.3, -0.25) is 0 Å². The second-order valence-corrected chi connectivity index (χ2v) is 5.21. The minimum atomic E-state index is -3.46. The number of rotatable bonds is 5. The van der Waals surface area contributed by atoms with Gasteiger partial charge in [0.25, 0.3) is 0 Å². The van der Waals surface area contributed by atoms with Crippen molar-refractivity contribution < 1.29 is 8.42 Å². The number of hydrogen-bond donors (Lipinski definition) is 2. The first-order chi connectivity index (χ1) is 7.49. The maximum atomic E-state index is 11.8. The van der Waals surface area contributed by atoms with E-state index in [9.17, 15) is 8.42 Å². The normalized spacial score (nSPS) is 13.4. The topological polar surface area (TPSA) is 72.2 Å². The Morgan fingerprint density at radius 3 is 2.44 bits per heavy atom. The van der Waals surface area contributed by atoms with Crippen LogP contribution in [0.1, 0.15) is 12.5 Å². The van der Waals surface area contributed by atoms with Crippen LogP contribution in [0.3, 0.4) is 0 Å². The van der Waals surface area contributed by atoms with Gasteiger partial charge in [-0.05, 0) is 24.6 Å². The molecule has 0 fully saturated rings. The molecule has 1 atom stereocenters. The predicted octanol–water partition coefficient (Wildman–Crippen LogP) is 0.998. The van der Waals surface area contributed by atoms with Crippen molar-refractivity contribution in [3.63, 3.8) is 0 Å². The van der Waals surface area contributed by atoms with Gasteiger partial charge < -0.3 is 5.73 Å². The summed E-state index contributed by atoms with van der Waals surface area (Å²) in [6.07, 6.45) is 1.53. The Balaban J connectivity index is 2.94. The second kappa shape index (κ2) is 5.25. The molecule has 0 amide bonds. The SMILES string of the molecule is C=CC(C)NS(=O)(=O)c1ccc(CN)cc1. The predicted molar refractivity (Wildman–Crippen MR) is 64.3 cm³/mol. The summed E-state index contributed by atoms with van der Waals surface area (Å²) < 4.78 is 26.1. The number of sulfonamides is 1. The molecular formula is C11H16N2O2S. The Kier molecular flexibility index (Phi) is 4.23. The fraction of sp³-hybridized carbons (Fsp3) is 0.273. The average Bonchev–Trinajstić information content (AvgIpc) is 2.28. The van der Waals surface area contributed by atoms with Crippen LogP contribution in [0.25, 0.3) is 0 Å². The number of benzene rings is 1. The summed E-state index contributed by atoms with van der Waals surface area (Å²) >= 11 is 0. The molecule has 0 spiro atoms. The quantitative estimate of drug-likeness (QED) is 0.754. The van der Waals surface area contributed by atoms with Crippen molar-refractivity contribution in [2.45, 2.75) is 24.4 Å². The summed E-state index contributed by atoms with van der Waals surface area (Å²) in [6.45, 7) is 5.64. The van der Waals surface area contributed by atoms with E-state index in [1.54, 1.807) is 31.2 Å². The van der Waals surface area contributed by atoms with E-state index < -0.39 is 10.0 Å². The number of nitrogens with one attached hydrogen (secondary N) is 1. The van der Waals surface area contributed by atoms with Gasteiger partial charge in [0.1, 0.15) is 0 Å². The highest BCUT2D eigenvalue weighted by atomic mass is 32.2. The first kappa shape index (κ1) is 12.9. The zero-order valence-electron chi connectivity index (χ0n) is 9.18. The molecule has 1 aromatic rings. The molecule has 0 saturated heterocycles. The lowest BCUT2D eigenvalue weighted by Gasteiger charge is -2.10. The van der Waals surface area contributed by atoms with Gasteiger partial charge in [0.15, 0.2) is 0 Å². The summed E-state index contributed by atoms with van der Waals surface area (Å²) in [5.74, 6) is 0. The first-order valence-corrected chi connectivity index (χ1v) is 6.42. The van der Waals surface area contributed by atoms with Crippen molar-refractivity contribution in [1.29, 1.82) is 0 Å². The van der Waals surface area contributed by atoms with E-state index in [2.05, 4.69) is 11.3 Å². The Bertz CT molecular complexity index is 451. The fourth-order valence-corrected chi connectivity index (χ4v) is 2.38. The van der Waals surface area contributed by atoms with Crippen LogP contribution in [0.15, 0.2) is 41.8 Å². The van der Waals surface area contributed by atoms with Crippen LogP contribution in [-0.4, -0.2) is 14.5 Å². The van der Waals surface area contributed by atoms with Crippen molar-refractivity contribution in [3.05, 3.63) is 42.5 Å². The highest BCUT2D eigenvalue weighted by molar-refractivity contribution is 7.89. The molecule has 4 nitrogen and oxygen atoms in total. The van der Waals surface area contributed by atoms with Crippen LogP contribution in [0.2, 0.25) is 0 Å². The molecule has 16 heavy (non-hydrogen) atoms. The van der Waals surface area contributed by atoms with Gasteiger partial charge in [-0.15, -0.1) is 6.58 Å². The summed E-state index contributed by atoms with van der Waals surface area (Å²) in [5, 5.41) is 0. The van der Waals surface area contributed by atoms with Crippen molar-refractivity contribution >= 4 is 10.0 Å². The Morgan fingerprint density at radius 1 is 1.44 bits per heavy atom. The molecule has 88 valence electrons. The zero-order chi connectivity index (χ0) is 12.2. The minimum Gasteiger partial charge on any atom is -0.326 e. The first-order valence-electron chi connectivity index (χ1n) is 4.93. The van der Waals surface area contributed by atoms with E-state index in [1.807, 2.05) is 0 Å². The van der Waals surface area contributed by atoms with Gasteiger partial charge in [0.05, 0.1) is 4.90 Å². The van der Waals surface area contributed by atoms with Gasteiger partial charge in [0.2, 0.25) is 10.0 Å². The van der Waals surface area contributed by atoms with Crippen LogP contribution < -0.4 is 10.5 Å². The van der Waals surface area contributed by atoms with Crippen molar-refractivity contribution in [1.82, 2.24) is 4.72 Å². The molecule has 1 aromatic carbocycles. The standard InChI is InChI=1S/C11H16N2O2S/c1-3-9(2)13-16(14,15)11-6-4-10(8-12)5-7-11/h3-7,9,13H,1,8,12H2,2H3. The molecule has 0 aliphatic rings. The monoisotopic (exact) mass is 240 g/mol. The molecule has 0 aliphatic carbocycles. The van der Waals surface area contributed by atoms with Gasteiger partial charge >= 0.3 is 0 Å². The molecule has 0 bridgehead atoms. The third-order valence-electron chi connectivity index (χ3n) is 2.16. The summed E-state index contributed by atoms with van der Waals surface area (Å²) in [5.41, 5.74) is 6.33. The molecule has 1 rings (SSSR count). The van der Waals surface area contributed by atoms with Crippen LogP contribution in [0.5, 0.6) is 0 Å². The molecule has 0 aromatic heterocycles. The average molecular weight is 240 g/mol. The summed E-state index contributed by atoms with van der Waals surface area (Å²) in [6, 6.07) is 6.19. The van der Waals surface area contributed by atoms with E-state index >= 15 is 0 Å². The lowest BCUT2D eigenvalue weighted by atomic mass is 10.2. The minimum absolute atomic E-state index is 0.235. The highest BCUT2D eigenvalue weighted by Gasteiger charge is 2.15. The molecule has 0 heterocycles. The number of nitrogens with two attached hydrogens (primary N) is 1. The highest BCUT2D eigenvalue weighted by Crippen LogP contribution is 2.10. The van der Waals surface area contributed by atoms with E-state index in [-0.39, 0.29) is 10.9 Å². The molecule has 5 heteroatoms. The van der Waals surface area contributed by atoms with E-state index in [0.29, 0.717) is 6.54 Å². The smallest absolute Gasteiger partial charge is 0.241 e. The van der Waals surface area contributed by atoms with Crippen LogP contribution in [-0.2, 0) is 16.6 Å². The molecule has 0 saturated carbocycles. The Morgan fingerprint density at radius 2 is 2.00 bits per heavy atom. The van der Waals surface area contributed by atoms with Crippen LogP contribution in [0.4, 0.5) is 0 Å². The number of hydrogen-bond acceptors (Lipinski definition) is 3. The molecule has 0 aliphatic heterocycles. The largest absolute Gasteiger partial charge is 0.326 e. The van der Waals surface area contributed by atoms with Gasteiger partial charge in [-0.2, -0.15) is 0 Å². The van der Waals surface area contributed by atoms with Crippen molar-refractivity contribution in [3.8, 4) is 0 Å². The maximum absolute atomic E-state index is 11.8. The van der Waals surface area contributed by atoms with Crippen LogP contribution >= 0.6 is 0 Å². The summed E-state index contributed by atoms with van der Waals surface area (Å²) in [7, 11) is -3.46. The van der Waals surface area contributed by atoms with Crippen molar-refractivity contribution in [2.24, 2.45) is 5.73 Å². The molecule has 1 unspecified atom stereocenters. The lowest BCUT2D eigenvalue weighted by Crippen LogP contribution is -2.30. The van der Waals surface area contributed by atoms with E-state index in [0.717, 1.165) is 5.56 Å².